The van der Waals surface area contributed by atoms with Gasteiger partial charge in [-0.1, -0.05) is 0 Å². The molecule has 0 heterocycles. The summed E-state index contributed by atoms with van der Waals surface area (Å²) in [5.74, 6) is -1.64. The highest BCUT2D eigenvalue weighted by Gasteiger charge is 2.40. The summed E-state index contributed by atoms with van der Waals surface area (Å²) >= 11 is 0. The van der Waals surface area contributed by atoms with Gasteiger partial charge >= 0.3 is 24.0 Å². The molecule has 9 nitrogen and oxygen atoms in total. The number of hydrogen-bond acceptors (Lipinski definition) is 8. The van der Waals surface area contributed by atoms with Crippen LogP contribution < -0.4 is 5.32 Å². The van der Waals surface area contributed by atoms with Gasteiger partial charge < -0.3 is 24.3 Å². The number of alkyl carbamates (subject to hydrolysis) is 1. The van der Waals surface area contributed by atoms with Gasteiger partial charge in [0.05, 0.1) is 17.4 Å². The zero-order valence-electron chi connectivity index (χ0n) is 21.3. The molecule has 1 amide bonds. The topological polar surface area (TPSA) is 117 Å². The second kappa shape index (κ2) is 11.5. The van der Waals surface area contributed by atoms with Crippen molar-refractivity contribution in [3.8, 4) is 0 Å². The summed E-state index contributed by atoms with van der Waals surface area (Å²) in [6, 6.07) is 0. The Hall–Kier alpha value is -2.32. The number of rotatable bonds is 9. The van der Waals surface area contributed by atoms with Gasteiger partial charge in [-0.2, -0.15) is 0 Å². The number of nitrogens with one attached hydrogen (secondary N) is 1. The SMILES string of the molecule is CC(C)(C)OC(=O)NCCCOC(=O)C(C)(COC(=O)C(C)(C)C)COC(=O)C(C)(C)C. The van der Waals surface area contributed by atoms with Crippen molar-refractivity contribution >= 4 is 24.0 Å². The van der Waals surface area contributed by atoms with Gasteiger partial charge in [-0.15, -0.1) is 0 Å². The zero-order chi connectivity index (χ0) is 25.4. The third-order valence-corrected chi connectivity index (χ3v) is 3.98. The van der Waals surface area contributed by atoms with Gasteiger partial charge in [0.1, 0.15) is 24.2 Å². The Kier molecular flexibility index (Phi) is 10.7. The highest BCUT2D eigenvalue weighted by Crippen LogP contribution is 2.25. The Morgan fingerprint density at radius 3 is 1.47 bits per heavy atom. The van der Waals surface area contributed by atoms with E-state index in [-0.39, 0.29) is 26.4 Å². The maximum absolute atomic E-state index is 12.8. The Bertz CT molecular complexity index is 635. The standard InChI is InChI=1S/C23H41NO8/c1-20(2,3)16(25)30-14-23(10,15-31-17(26)21(4,5)6)18(27)29-13-11-12-24-19(28)32-22(7,8)9/h11-15H2,1-10H3,(H,24,28). The average molecular weight is 460 g/mol. The number of hydrogen-bond donors (Lipinski definition) is 1. The molecule has 0 atom stereocenters. The van der Waals surface area contributed by atoms with Crippen molar-refractivity contribution in [2.24, 2.45) is 16.2 Å². The van der Waals surface area contributed by atoms with Crippen molar-refractivity contribution in [3.63, 3.8) is 0 Å². The van der Waals surface area contributed by atoms with Gasteiger partial charge in [-0.3, -0.25) is 14.4 Å². The predicted octanol–water partition coefficient (Wildman–Crippen LogP) is 3.63. The lowest BCUT2D eigenvalue weighted by molar-refractivity contribution is -0.175. The Balaban J connectivity index is 4.90. The molecule has 0 saturated carbocycles. The van der Waals surface area contributed by atoms with Gasteiger partial charge in [0.2, 0.25) is 0 Å². The Morgan fingerprint density at radius 2 is 1.09 bits per heavy atom. The first-order chi connectivity index (χ1) is 14.3. The molecule has 0 aromatic heterocycles. The van der Waals surface area contributed by atoms with E-state index in [4.69, 9.17) is 18.9 Å². The van der Waals surface area contributed by atoms with Crippen molar-refractivity contribution < 1.29 is 38.1 Å². The van der Waals surface area contributed by atoms with Gasteiger partial charge in [0.25, 0.3) is 0 Å². The van der Waals surface area contributed by atoms with Crippen molar-refractivity contribution in [1.29, 1.82) is 0 Å². The van der Waals surface area contributed by atoms with Crippen LogP contribution in [-0.4, -0.2) is 56.0 Å². The van der Waals surface area contributed by atoms with Crippen LogP contribution in [0.4, 0.5) is 4.79 Å². The molecule has 9 heteroatoms. The number of carbonyl (C=O) groups is 4. The number of carbonyl (C=O) groups excluding carboxylic acids is 4. The molecular formula is C23H41NO8. The molecule has 0 radical (unpaired) electrons. The summed E-state index contributed by atoms with van der Waals surface area (Å²) in [4.78, 5) is 48.7. The first kappa shape index (κ1) is 29.7. The number of esters is 3. The van der Waals surface area contributed by atoms with E-state index in [1.54, 1.807) is 62.3 Å². The van der Waals surface area contributed by atoms with Crippen LogP contribution in [0.15, 0.2) is 0 Å². The molecule has 0 aromatic rings. The third kappa shape index (κ3) is 11.9. The monoisotopic (exact) mass is 459 g/mol. The second-order valence-electron chi connectivity index (χ2n) is 11.1. The number of amides is 1. The highest BCUT2D eigenvalue weighted by atomic mass is 16.6. The minimum Gasteiger partial charge on any atom is -0.465 e. The van der Waals surface area contributed by atoms with Crippen LogP contribution >= 0.6 is 0 Å². The Morgan fingerprint density at radius 1 is 0.656 bits per heavy atom. The largest absolute Gasteiger partial charge is 0.465 e. The van der Waals surface area contributed by atoms with E-state index in [0.717, 1.165) is 0 Å². The van der Waals surface area contributed by atoms with Crippen LogP contribution in [0.25, 0.3) is 0 Å². The van der Waals surface area contributed by atoms with Crippen molar-refractivity contribution in [2.45, 2.75) is 81.3 Å². The lowest BCUT2D eigenvalue weighted by atomic mass is 9.91. The molecule has 0 aliphatic rings. The number of ether oxygens (including phenoxy) is 4. The molecule has 0 fully saturated rings. The molecule has 0 bridgehead atoms. The molecule has 1 N–H and O–H groups in total. The van der Waals surface area contributed by atoms with Crippen LogP contribution in [0.5, 0.6) is 0 Å². The van der Waals surface area contributed by atoms with E-state index in [1.165, 1.54) is 6.92 Å². The van der Waals surface area contributed by atoms with Crippen molar-refractivity contribution in [2.75, 3.05) is 26.4 Å². The van der Waals surface area contributed by atoms with E-state index in [1.807, 2.05) is 0 Å². The summed E-state index contributed by atoms with van der Waals surface area (Å²) in [6.45, 7) is 16.6. The molecule has 0 rings (SSSR count). The Labute approximate surface area is 191 Å². The van der Waals surface area contributed by atoms with Crippen LogP contribution in [0, 0.1) is 16.2 Å². The fourth-order valence-corrected chi connectivity index (χ4v) is 1.96. The summed E-state index contributed by atoms with van der Waals surface area (Å²) in [6.07, 6.45) is -0.207. The van der Waals surface area contributed by atoms with Gasteiger partial charge in [-0.05, 0) is 75.7 Å². The maximum Gasteiger partial charge on any atom is 0.407 e. The minimum absolute atomic E-state index is 0.0185. The van der Waals surface area contributed by atoms with Gasteiger partial charge in [0, 0.05) is 6.54 Å². The zero-order valence-corrected chi connectivity index (χ0v) is 21.3. The summed E-state index contributed by atoms with van der Waals surface area (Å²) < 4.78 is 21.1. The smallest absolute Gasteiger partial charge is 0.407 e. The molecule has 32 heavy (non-hydrogen) atoms. The molecule has 0 unspecified atom stereocenters. The molecule has 0 saturated heterocycles. The second-order valence-corrected chi connectivity index (χ2v) is 11.1. The van der Waals surface area contributed by atoms with Crippen molar-refractivity contribution in [3.05, 3.63) is 0 Å². The quantitative estimate of drug-likeness (QED) is 0.316. The molecule has 186 valence electrons. The lowest BCUT2D eigenvalue weighted by Gasteiger charge is -2.29. The molecule has 0 aliphatic heterocycles. The van der Waals surface area contributed by atoms with Crippen LogP contribution in [0.1, 0.15) is 75.7 Å². The molecular weight excluding hydrogens is 418 g/mol. The van der Waals surface area contributed by atoms with E-state index in [9.17, 15) is 19.2 Å². The summed E-state index contributed by atoms with van der Waals surface area (Å²) in [7, 11) is 0. The molecule has 0 spiro atoms. The summed E-state index contributed by atoms with van der Waals surface area (Å²) in [5.41, 5.74) is -3.48. The fraction of sp³-hybridized carbons (Fsp3) is 0.826. The first-order valence-corrected chi connectivity index (χ1v) is 10.8. The van der Waals surface area contributed by atoms with Crippen molar-refractivity contribution in [1.82, 2.24) is 5.32 Å². The lowest BCUT2D eigenvalue weighted by Crippen LogP contribution is -2.42. The average Bonchev–Trinajstić information content (AvgIpc) is 2.60. The maximum atomic E-state index is 12.8. The van der Waals surface area contributed by atoms with Gasteiger partial charge in [0.15, 0.2) is 0 Å². The van der Waals surface area contributed by atoms with E-state index < -0.39 is 45.8 Å². The van der Waals surface area contributed by atoms with E-state index >= 15 is 0 Å². The van der Waals surface area contributed by atoms with Crippen LogP contribution in [-0.2, 0) is 33.3 Å². The van der Waals surface area contributed by atoms with E-state index in [0.29, 0.717) is 6.42 Å². The van der Waals surface area contributed by atoms with Gasteiger partial charge in [-0.25, -0.2) is 4.79 Å². The minimum atomic E-state index is -1.37. The van der Waals surface area contributed by atoms with Crippen LogP contribution in [0.3, 0.4) is 0 Å². The fourth-order valence-electron chi connectivity index (χ4n) is 1.96. The molecule has 0 aliphatic carbocycles. The van der Waals surface area contributed by atoms with Crippen LogP contribution in [0.2, 0.25) is 0 Å². The summed E-state index contributed by atoms with van der Waals surface area (Å²) in [5, 5.41) is 2.57. The molecule has 0 aromatic carbocycles. The third-order valence-electron chi connectivity index (χ3n) is 3.98. The van der Waals surface area contributed by atoms with E-state index in [2.05, 4.69) is 5.32 Å². The first-order valence-electron chi connectivity index (χ1n) is 10.8. The normalized spacial score (nSPS) is 12.6. The highest BCUT2D eigenvalue weighted by molar-refractivity contribution is 5.80. The predicted molar refractivity (Wildman–Crippen MR) is 119 cm³/mol.